The van der Waals surface area contributed by atoms with Crippen LogP contribution < -0.4 is 5.56 Å². The zero-order valence-electron chi connectivity index (χ0n) is 11.5. The summed E-state index contributed by atoms with van der Waals surface area (Å²) in [6.07, 6.45) is 1.17. The van der Waals surface area contributed by atoms with E-state index in [1.54, 1.807) is 13.0 Å². The van der Waals surface area contributed by atoms with E-state index < -0.39 is 23.5 Å². The highest BCUT2D eigenvalue weighted by Gasteiger charge is 2.35. The number of hydrogen-bond donors (Lipinski definition) is 2. The second kappa shape index (κ2) is 5.48. The molecule has 0 bridgehead atoms. The Labute approximate surface area is 116 Å². The van der Waals surface area contributed by atoms with Gasteiger partial charge in [-0.3, -0.25) is 9.59 Å². The highest BCUT2D eigenvalue weighted by Crippen LogP contribution is 2.23. The van der Waals surface area contributed by atoms with Gasteiger partial charge in [-0.1, -0.05) is 6.92 Å². The first-order chi connectivity index (χ1) is 9.40. The van der Waals surface area contributed by atoms with E-state index in [2.05, 4.69) is 4.98 Å². The fourth-order valence-corrected chi connectivity index (χ4v) is 2.51. The van der Waals surface area contributed by atoms with Crippen molar-refractivity contribution in [2.75, 3.05) is 6.54 Å². The second-order valence-electron chi connectivity index (χ2n) is 5.37. The largest absolute Gasteiger partial charge is 0.480 e. The molecule has 1 saturated heterocycles. The number of amides is 1. The van der Waals surface area contributed by atoms with E-state index in [0.717, 1.165) is 6.42 Å². The molecule has 1 aromatic rings. The molecule has 20 heavy (non-hydrogen) atoms. The van der Waals surface area contributed by atoms with E-state index in [1.807, 2.05) is 6.92 Å². The predicted molar refractivity (Wildman–Crippen MR) is 72.7 cm³/mol. The summed E-state index contributed by atoms with van der Waals surface area (Å²) < 4.78 is 0. The molecule has 2 N–H and O–H groups in total. The van der Waals surface area contributed by atoms with Gasteiger partial charge in [-0.05, 0) is 37.8 Å². The SMILES string of the molecule is Cc1ccc(C(=O)N2CCC(C)CC2C(=O)O)c(=O)[nH]1. The van der Waals surface area contributed by atoms with Crippen molar-refractivity contribution in [3.8, 4) is 0 Å². The number of likely N-dealkylation sites (tertiary alicyclic amines) is 1. The van der Waals surface area contributed by atoms with E-state index in [0.29, 0.717) is 18.7 Å². The van der Waals surface area contributed by atoms with Gasteiger partial charge in [0.05, 0.1) is 0 Å². The third-order valence-corrected chi connectivity index (χ3v) is 3.70. The van der Waals surface area contributed by atoms with Gasteiger partial charge in [0.15, 0.2) is 0 Å². The van der Waals surface area contributed by atoms with Crippen LogP contribution >= 0.6 is 0 Å². The third-order valence-electron chi connectivity index (χ3n) is 3.70. The lowest BCUT2D eigenvalue weighted by atomic mass is 9.92. The number of nitrogens with one attached hydrogen (secondary N) is 1. The molecule has 0 aliphatic carbocycles. The molecular formula is C14H18N2O4. The third kappa shape index (κ3) is 2.74. The van der Waals surface area contributed by atoms with Gasteiger partial charge in [0.25, 0.3) is 11.5 Å². The maximum absolute atomic E-state index is 12.4. The number of carbonyl (C=O) groups is 2. The molecular weight excluding hydrogens is 260 g/mol. The van der Waals surface area contributed by atoms with Crippen molar-refractivity contribution in [3.63, 3.8) is 0 Å². The first-order valence-corrected chi connectivity index (χ1v) is 6.64. The van der Waals surface area contributed by atoms with Gasteiger partial charge in [-0.25, -0.2) is 4.79 Å². The first kappa shape index (κ1) is 14.3. The number of H-pyrrole nitrogens is 1. The van der Waals surface area contributed by atoms with E-state index in [9.17, 15) is 19.5 Å². The molecule has 1 aliphatic heterocycles. The molecule has 0 aromatic carbocycles. The molecule has 0 saturated carbocycles. The van der Waals surface area contributed by atoms with Crippen LogP contribution in [0.25, 0.3) is 0 Å². The topological polar surface area (TPSA) is 90.5 Å². The lowest BCUT2D eigenvalue weighted by Crippen LogP contribution is -2.50. The maximum Gasteiger partial charge on any atom is 0.326 e. The molecule has 1 aromatic heterocycles. The van der Waals surface area contributed by atoms with Crippen LogP contribution in [0.2, 0.25) is 0 Å². The minimum absolute atomic E-state index is 0.00333. The fraction of sp³-hybridized carbons (Fsp3) is 0.500. The smallest absolute Gasteiger partial charge is 0.326 e. The second-order valence-corrected chi connectivity index (χ2v) is 5.37. The molecule has 1 amide bonds. The molecule has 6 nitrogen and oxygen atoms in total. The zero-order valence-corrected chi connectivity index (χ0v) is 11.5. The number of piperidine rings is 1. The van der Waals surface area contributed by atoms with E-state index >= 15 is 0 Å². The summed E-state index contributed by atoms with van der Waals surface area (Å²) >= 11 is 0. The fourth-order valence-electron chi connectivity index (χ4n) is 2.51. The van der Waals surface area contributed by atoms with Crippen LogP contribution in [0.5, 0.6) is 0 Å². The van der Waals surface area contributed by atoms with Crippen molar-refractivity contribution in [3.05, 3.63) is 33.7 Å². The number of pyridine rings is 1. The Hall–Kier alpha value is -2.11. The summed E-state index contributed by atoms with van der Waals surface area (Å²) in [5.41, 5.74) is 0.183. The number of carboxylic acids is 1. The number of carboxylic acid groups (broad SMARTS) is 1. The van der Waals surface area contributed by atoms with Crippen molar-refractivity contribution in [2.24, 2.45) is 5.92 Å². The minimum atomic E-state index is -1.02. The Morgan fingerprint density at radius 3 is 2.70 bits per heavy atom. The number of aromatic amines is 1. The Balaban J connectivity index is 2.31. The van der Waals surface area contributed by atoms with E-state index in [4.69, 9.17) is 0 Å². The number of nitrogens with zero attached hydrogens (tertiary/aromatic N) is 1. The van der Waals surface area contributed by atoms with Gasteiger partial charge in [-0.2, -0.15) is 0 Å². The van der Waals surface area contributed by atoms with Gasteiger partial charge >= 0.3 is 5.97 Å². The molecule has 2 rings (SSSR count). The van der Waals surface area contributed by atoms with Crippen LogP contribution in [0, 0.1) is 12.8 Å². The van der Waals surface area contributed by atoms with Gasteiger partial charge in [-0.15, -0.1) is 0 Å². The Bertz CT molecular complexity index is 593. The summed E-state index contributed by atoms with van der Waals surface area (Å²) in [5, 5.41) is 9.26. The van der Waals surface area contributed by atoms with Gasteiger partial charge in [0.2, 0.25) is 0 Å². The van der Waals surface area contributed by atoms with Gasteiger partial charge in [0, 0.05) is 12.2 Å². The zero-order chi connectivity index (χ0) is 14.9. The standard InChI is InChI=1S/C14H18N2O4/c1-8-5-6-16(11(7-8)14(19)20)13(18)10-4-3-9(2)15-12(10)17/h3-4,8,11H,5-7H2,1-2H3,(H,15,17)(H,19,20). The van der Waals surface area contributed by atoms with E-state index in [1.165, 1.54) is 11.0 Å². The number of carbonyl (C=O) groups excluding carboxylic acids is 1. The van der Waals surface area contributed by atoms with Crippen LogP contribution in [-0.4, -0.2) is 39.5 Å². The summed E-state index contributed by atoms with van der Waals surface area (Å²) in [7, 11) is 0. The van der Waals surface area contributed by atoms with E-state index in [-0.39, 0.29) is 11.5 Å². The number of rotatable bonds is 2. The van der Waals surface area contributed by atoms with Crippen molar-refractivity contribution < 1.29 is 14.7 Å². The molecule has 6 heteroatoms. The molecule has 1 fully saturated rings. The Kier molecular flexibility index (Phi) is 3.92. The van der Waals surface area contributed by atoms with Crippen LogP contribution in [0.3, 0.4) is 0 Å². The van der Waals surface area contributed by atoms with Gasteiger partial charge < -0.3 is 15.0 Å². The average Bonchev–Trinajstić information content (AvgIpc) is 2.37. The summed E-state index contributed by atoms with van der Waals surface area (Å²) in [6.45, 7) is 4.05. The van der Waals surface area contributed by atoms with Crippen molar-refractivity contribution in [1.82, 2.24) is 9.88 Å². The molecule has 2 heterocycles. The monoisotopic (exact) mass is 278 g/mol. The average molecular weight is 278 g/mol. The highest BCUT2D eigenvalue weighted by molar-refractivity contribution is 5.96. The summed E-state index contributed by atoms with van der Waals surface area (Å²) in [6, 6.07) is 2.23. The Morgan fingerprint density at radius 2 is 2.10 bits per heavy atom. The van der Waals surface area contributed by atoms with Gasteiger partial charge in [0.1, 0.15) is 11.6 Å². The molecule has 2 unspecified atom stereocenters. The molecule has 0 radical (unpaired) electrons. The van der Waals surface area contributed by atoms with Crippen molar-refractivity contribution in [1.29, 1.82) is 0 Å². The molecule has 1 aliphatic rings. The number of hydrogen-bond acceptors (Lipinski definition) is 3. The lowest BCUT2D eigenvalue weighted by Gasteiger charge is -2.35. The summed E-state index contributed by atoms with van der Waals surface area (Å²) in [4.78, 5) is 39.4. The summed E-state index contributed by atoms with van der Waals surface area (Å²) in [5.74, 6) is -1.27. The molecule has 0 spiro atoms. The van der Waals surface area contributed by atoms with Crippen LogP contribution in [0.1, 0.15) is 35.8 Å². The van der Waals surface area contributed by atoms with Crippen molar-refractivity contribution >= 4 is 11.9 Å². The molecule has 108 valence electrons. The van der Waals surface area contributed by atoms with Crippen LogP contribution in [-0.2, 0) is 4.79 Å². The van der Waals surface area contributed by atoms with Crippen LogP contribution in [0.15, 0.2) is 16.9 Å². The normalized spacial score (nSPS) is 22.6. The van der Waals surface area contributed by atoms with Crippen molar-refractivity contribution in [2.45, 2.75) is 32.7 Å². The quantitative estimate of drug-likeness (QED) is 0.844. The number of aryl methyl sites for hydroxylation is 1. The lowest BCUT2D eigenvalue weighted by molar-refractivity contribution is -0.144. The first-order valence-electron chi connectivity index (χ1n) is 6.64. The minimum Gasteiger partial charge on any atom is -0.480 e. The molecule has 2 atom stereocenters. The van der Waals surface area contributed by atoms with Crippen LogP contribution in [0.4, 0.5) is 0 Å². The maximum atomic E-state index is 12.4. The number of aromatic nitrogens is 1. The highest BCUT2D eigenvalue weighted by atomic mass is 16.4. The number of aliphatic carboxylic acids is 1. The predicted octanol–water partition coefficient (Wildman–Crippen LogP) is 1.01. The Morgan fingerprint density at radius 1 is 1.40 bits per heavy atom.